The molecule has 0 radical (unpaired) electrons. The van der Waals surface area contributed by atoms with Crippen LogP contribution in [0.4, 0.5) is 5.82 Å². The minimum absolute atomic E-state index is 0.0817. The van der Waals surface area contributed by atoms with Gasteiger partial charge in [0.2, 0.25) is 5.91 Å². The van der Waals surface area contributed by atoms with Gasteiger partial charge >= 0.3 is 0 Å². The van der Waals surface area contributed by atoms with Gasteiger partial charge in [0.25, 0.3) is 0 Å². The molecule has 1 atom stereocenters. The van der Waals surface area contributed by atoms with E-state index in [1.165, 1.54) is 0 Å². The predicted octanol–water partition coefficient (Wildman–Crippen LogP) is 4.90. The third-order valence-electron chi connectivity index (χ3n) is 5.83. The number of nitrogens with zero attached hydrogens (tertiary/aromatic N) is 2. The highest BCUT2D eigenvalue weighted by molar-refractivity contribution is 6.08. The topological polar surface area (TPSA) is 73.2 Å². The molecule has 1 N–H and O–H groups in total. The number of hydrogen-bond donors (Lipinski definition) is 1. The first kappa shape index (κ1) is 20.8. The first-order valence-electron chi connectivity index (χ1n) is 10.6. The number of hydrogen-bond acceptors (Lipinski definition) is 4. The second-order valence-electron chi connectivity index (χ2n) is 8.02. The Bertz CT molecular complexity index is 1150. The van der Waals surface area contributed by atoms with Crippen LogP contribution in [0.25, 0.3) is 5.69 Å². The van der Waals surface area contributed by atoms with Gasteiger partial charge in [0.15, 0.2) is 5.78 Å². The summed E-state index contributed by atoms with van der Waals surface area (Å²) in [4.78, 5) is 26.0. The average molecular weight is 418 g/mol. The summed E-state index contributed by atoms with van der Waals surface area (Å²) >= 11 is 0. The van der Waals surface area contributed by atoms with Crippen molar-refractivity contribution < 1.29 is 14.3 Å². The summed E-state index contributed by atoms with van der Waals surface area (Å²) in [5.41, 5.74) is 5.22. The van der Waals surface area contributed by atoms with E-state index in [-0.39, 0.29) is 18.1 Å². The number of anilines is 1. The molecule has 1 aliphatic rings. The average Bonchev–Trinajstić information content (AvgIpc) is 3.09. The molecule has 0 bridgehead atoms. The van der Waals surface area contributed by atoms with Gasteiger partial charge in [0, 0.05) is 17.5 Å². The molecule has 0 aliphatic carbocycles. The third kappa shape index (κ3) is 3.85. The Hall–Kier alpha value is -3.41. The van der Waals surface area contributed by atoms with Gasteiger partial charge in [-0.15, -0.1) is 0 Å². The Balaban J connectivity index is 1.73. The molecule has 2 aromatic carbocycles. The van der Waals surface area contributed by atoms with Gasteiger partial charge in [-0.1, -0.05) is 19.1 Å². The lowest BCUT2D eigenvalue weighted by molar-refractivity contribution is -0.116. The molecule has 2 heterocycles. The van der Waals surface area contributed by atoms with E-state index in [2.05, 4.69) is 5.32 Å². The fraction of sp³-hybridized carbons (Fsp3) is 0.320. The maximum absolute atomic E-state index is 13.4. The summed E-state index contributed by atoms with van der Waals surface area (Å²) in [5, 5.41) is 7.66. The lowest BCUT2D eigenvalue weighted by Crippen LogP contribution is -2.28. The molecule has 1 aliphatic heterocycles. The smallest absolute Gasteiger partial charge is 0.226 e. The number of benzene rings is 2. The SMILES string of the molecule is CCCOc1ccc(C(=O)[C@@H]2CC(=O)Nc3c2c(C)nn3-c2cccc(C)c2C)cc1. The van der Waals surface area contributed by atoms with Gasteiger partial charge in [-0.2, -0.15) is 5.10 Å². The first-order chi connectivity index (χ1) is 14.9. The standard InChI is InChI=1S/C25H27N3O3/c1-5-13-31-19-11-9-18(10-12-19)24(30)20-14-22(29)26-25-23(20)17(4)27-28(25)21-8-6-7-15(2)16(21)3/h6-12,20H,5,13-14H2,1-4H3,(H,26,29)/t20-/m1/s1. The molecule has 160 valence electrons. The lowest BCUT2D eigenvalue weighted by Gasteiger charge is -2.23. The van der Waals surface area contributed by atoms with E-state index in [1.54, 1.807) is 28.9 Å². The van der Waals surface area contributed by atoms with Crippen LogP contribution >= 0.6 is 0 Å². The van der Waals surface area contributed by atoms with Crippen molar-refractivity contribution in [1.29, 1.82) is 0 Å². The zero-order valence-corrected chi connectivity index (χ0v) is 18.4. The van der Waals surface area contributed by atoms with Crippen LogP contribution in [0.3, 0.4) is 0 Å². The number of carbonyl (C=O) groups is 2. The Kier molecular flexibility index (Phi) is 5.63. The maximum Gasteiger partial charge on any atom is 0.226 e. The second-order valence-corrected chi connectivity index (χ2v) is 8.02. The van der Waals surface area contributed by atoms with Gasteiger partial charge in [0.05, 0.1) is 23.9 Å². The zero-order chi connectivity index (χ0) is 22.1. The second kappa shape index (κ2) is 8.38. The molecule has 0 saturated carbocycles. The molecule has 0 spiro atoms. The Morgan fingerprint density at radius 1 is 1.16 bits per heavy atom. The van der Waals surface area contributed by atoms with Crippen molar-refractivity contribution in [3.8, 4) is 11.4 Å². The third-order valence-corrected chi connectivity index (χ3v) is 5.83. The van der Waals surface area contributed by atoms with Crippen LogP contribution < -0.4 is 10.1 Å². The number of nitrogens with one attached hydrogen (secondary N) is 1. The van der Waals surface area contributed by atoms with E-state index in [1.807, 2.05) is 45.9 Å². The van der Waals surface area contributed by atoms with Crippen LogP contribution in [0.1, 0.15) is 58.4 Å². The van der Waals surface area contributed by atoms with E-state index in [0.717, 1.165) is 40.2 Å². The number of ketones is 1. The molecule has 31 heavy (non-hydrogen) atoms. The molecular weight excluding hydrogens is 390 g/mol. The number of Topliss-reactive ketones (excluding diaryl/α,β-unsaturated/α-hetero) is 1. The van der Waals surface area contributed by atoms with Crippen molar-refractivity contribution in [3.63, 3.8) is 0 Å². The van der Waals surface area contributed by atoms with E-state index < -0.39 is 5.92 Å². The molecule has 0 saturated heterocycles. The van der Waals surface area contributed by atoms with Crippen LogP contribution in [0.15, 0.2) is 42.5 Å². The lowest BCUT2D eigenvalue weighted by atomic mass is 9.85. The van der Waals surface area contributed by atoms with Crippen molar-refractivity contribution in [2.75, 3.05) is 11.9 Å². The summed E-state index contributed by atoms with van der Waals surface area (Å²) in [5.74, 6) is 0.495. The largest absolute Gasteiger partial charge is 0.494 e. The van der Waals surface area contributed by atoms with Crippen molar-refractivity contribution >= 4 is 17.5 Å². The molecule has 0 fully saturated rings. The Morgan fingerprint density at radius 3 is 2.61 bits per heavy atom. The van der Waals surface area contributed by atoms with E-state index in [4.69, 9.17) is 9.84 Å². The molecule has 1 aromatic heterocycles. The summed E-state index contributed by atoms with van der Waals surface area (Å²) < 4.78 is 7.37. The normalized spacial score (nSPS) is 15.4. The van der Waals surface area contributed by atoms with Crippen LogP contribution in [0.5, 0.6) is 5.75 Å². The van der Waals surface area contributed by atoms with Crippen LogP contribution in [-0.2, 0) is 4.79 Å². The van der Waals surface area contributed by atoms with E-state index in [0.29, 0.717) is 18.0 Å². The maximum atomic E-state index is 13.4. The monoisotopic (exact) mass is 417 g/mol. The highest BCUT2D eigenvalue weighted by Crippen LogP contribution is 2.39. The summed E-state index contributed by atoms with van der Waals surface area (Å²) in [6.45, 7) is 8.64. The fourth-order valence-electron chi connectivity index (χ4n) is 4.05. The Labute approximate surface area is 182 Å². The highest BCUT2D eigenvalue weighted by atomic mass is 16.5. The Morgan fingerprint density at radius 2 is 1.90 bits per heavy atom. The molecular formula is C25H27N3O3. The van der Waals surface area contributed by atoms with Gasteiger partial charge in [-0.25, -0.2) is 4.68 Å². The fourth-order valence-corrected chi connectivity index (χ4v) is 4.05. The van der Waals surface area contributed by atoms with Crippen LogP contribution in [0.2, 0.25) is 0 Å². The molecule has 3 aromatic rings. The predicted molar refractivity (Wildman–Crippen MR) is 120 cm³/mol. The van der Waals surface area contributed by atoms with Gasteiger partial charge in [-0.3, -0.25) is 9.59 Å². The van der Waals surface area contributed by atoms with Crippen LogP contribution in [0, 0.1) is 20.8 Å². The van der Waals surface area contributed by atoms with E-state index >= 15 is 0 Å². The minimum Gasteiger partial charge on any atom is -0.494 e. The number of aryl methyl sites for hydroxylation is 2. The van der Waals surface area contributed by atoms with Gasteiger partial charge in [0.1, 0.15) is 11.6 Å². The first-order valence-corrected chi connectivity index (χ1v) is 10.6. The number of aromatic nitrogens is 2. The molecule has 6 heteroatoms. The number of fused-ring (bicyclic) bond motifs is 1. The number of carbonyl (C=O) groups excluding carboxylic acids is 2. The molecule has 1 amide bonds. The number of amides is 1. The zero-order valence-electron chi connectivity index (χ0n) is 18.4. The molecule has 4 rings (SSSR count). The van der Waals surface area contributed by atoms with Crippen molar-refractivity contribution in [2.45, 2.75) is 46.5 Å². The van der Waals surface area contributed by atoms with Gasteiger partial charge < -0.3 is 10.1 Å². The van der Waals surface area contributed by atoms with E-state index in [9.17, 15) is 9.59 Å². The van der Waals surface area contributed by atoms with Crippen molar-refractivity contribution in [1.82, 2.24) is 9.78 Å². The molecule has 0 unspecified atom stereocenters. The summed E-state index contributed by atoms with van der Waals surface area (Å²) in [6.07, 6.45) is 1.03. The molecule has 6 nitrogen and oxygen atoms in total. The van der Waals surface area contributed by atoms with Gasteiger partial charge in [-0.05, 0) is 68.7 Å². The summed E-state index contributed by atoms with van der Waals surface area (Å²) in [7, 11) is 0. The summed E-state index contributed by atoms with van der Waals surface area (Å²) in [6, 6.07) is 13.1. The minimum atomic E-state index is -0.565. The number of rotatable bonds is 6. The highest BCUT2D eigenvalue weighted by Gasteiger charge is 2.36. The van der Waals surface area contributed by atoms with Crippen LogP contribution in [-0.4, -0.2) is 28.1 Å². The van der Waals surface area contributed by atoms with Crippen molar-refractivity contribution in [2.24, 2.45) is 0 Å². The quantitative estimate of drug-likeness (QED) is 0.579. The number of ether oxygens (including phenoxy) is 1. The van der Waals surface area contributed by atoms with Crippen molar-refractivity contribution in [3.05, 3.63) is 70.4 Å².